The molecule has 1 aromatic carbocycles. The molecular weight excluding hydrogens is 342 g/mol. The quantitative estimate of drug-likeness (QED) is 0.558. The van der Waals surface area contributed by atoms with E-state index in [0.717, 1.165) is 4.47 Å². The maximum absolute atomic E-state index is 11.8. The summed E-state index contributed by atoms with van der Waals surface area (Å²) in [6, 6.07) is 8.38. The third kappa shape index (κ3) is 4.14. The van der Waals surface area contributed by atoms with Crippen LogP contribution in [-0.4, -0.2) is 28.7 Å². The third-order valence-electron chi connectivity index (χ3n) is 2.66. The number of aromatic nitrogens is 1. The normalized spacial score (nSPS) is 10.2. The molecule has 0 atom stereocenters. The number of hydroxylamine groups is 1. The van der Waals surface area contributed by atoms with E-state index in [1.807, 2.05) is 0 Å². The highest BCUT2D eigenvalue weighted by atomic mass is 79.9. The lowest BCUT2D eigenvalue weighted by molar-refractivity contribution is 0.0696. The summed E-state index contributed by atoms with van der Waals surface area (Å²) in [6.45, 7) is 0.338. The Balaban J connectivity index is 1.84. The van der Waals surface area contributed by atoms with Crippen LogP contribution in [0.4, 0.5) is 0 Å². The van der Waals surface area contributed by atoms with Crippen LogP contribution in [0.1, 0.15) is 26.6 Å². The van der Waals surface area contributed by atoms with E-state index in [2.05, 4.69) is 26.4 Å². The summed E-state index contributed by atoms with van der Waals surface area (Å²) in [5.41, 5.74) is 1.99. The molecule has 0 bridgehead atoms. The SMILES string of the molecule is O=C(NCCc1cc(C(=O)NO)no1)c1ccc(Br)cc1. The summed E-state index contributed by atoms with van der Waals surface area (Å²) in [6.07, 6.45) is 0.383. The smallest absolute Gasteiger partial charge is 0.296 e. The number of benzene rings is 1. The minimum Gasteiger partial charge on any atom is -0.361 e. The molecule has 21 heavy (non-hydrogen) atoms. The molecule has 2 rings (SSSR count). The van der Waals surface area contributed by atoms with E-state index in [9.17, 15) is 9.59 Å². The van der Waals surface area contributed by atoms with Crippen LogP contribution in [0.3, 0.4) is 0 Å². The van der Waals surface area contributed by atoms with Crippen LogP contribution in [0.5, 0.6) is 0 Å². The Bertz CT molecular complexity index is 639. The van der Waals surface area contributed by atoms with Gasteiger partial charge in [-0.3, -0.25) is 14.8 Å². The van der Waals surface area contributed by atoms with Gasteiger partial charge in [-0.25, -0.2) is 5.48 Å². The molecule has 0 aliphatic rings. The molecule has 3 N–H and O–H groups in total. The number of halogens is 1. The molecule has 0 spiro atoms. The number of carbonyl (C=O) groups excluding carboxylic acids is 2. The van der Waals surface area contributed by atoms with Crippen molar-refractivity contribution in [1.82, 2.24) is 16.0 Å². The highest BCUT2D eigenvalue weighted by Crippen LogP contribution is 2.10. The van der Waals surface area contributed by atoms with E-state index in [-0.39, 0.29) is 11.6 Å². The van der Waals surface area contributed by atoms with Gasteiger partial charge in [0.05, 0.1) is 0 Å². The highest BCUT2D eigenvalue weighted by Gasteiger charge is 2.12. The Morgan fingerprint density at radius 1 is 1.24 bits per heavy atom. The molecule has 0 fully saturated rings. The van der Waals surface area contributed by atoms with Crippen molar-refractivity contribution in [2.75, 3.05) is 6.54 Å². The van der Waals surface area contributed by atoms with Crippen LogP contribution in [0.15, 0.2) is 39.3 Å². The molecule has 0 saturated heterocycles. The van der Waals surface area contributed by atoms with Gasteiger partial charge in [-0.1, -0.05) is 21.1 Å². The second-order valence-corrected chi connectivity index (χ2v) is 5.05. The molecule has 0 radical (unpaired) electrons. The van der Waals surface area contributed by atoms with E-state index in [1.165, 1.54) is 11.5 Å². The molecule has 7 nitrogen and oxygen atoms in total. The van der Waals surface area contributed by atoms with Gasteiger partial charge in [-0.15, -0.1) is 0 Å². The van der Waals surface area contributed by atoms with Gasteiger partial charge in [0.25, 0.3) is 11.8 Å². The molecule has 8 heteroatoms. The average Bonchev–Trinajstić information content (AvgIpc) is 2.96. The molecule has 0 aliphatic carbocycles. The number of hydrogen-bond donors (Lipinski definition) is 3. The molecule has 2 aromatic rings. The van der Waals surface area contributed by atoms with Crippen LogP contribution in [0, 0.1) is 0 Å². The summed E-state index contributed by atoms with van der Waals surface area (Å²) in [5, 5.41) is 14.7. The highest BCUT2D eigenvalue weighted by molar-refractivity contribution is 9.10. The van der Waals surface area contributed by atoms with Crippen molar-refractivity contribution in [2.45, 2.75) is 6.42 Å². The van der Waals surface area contributed by atoms with Crippen molar-refractivity contribution in [3.63, 3.8) is 0 Å². The van der Waals surface area contributed by atoms with E-state index >= 15 is 0 Å². The standard InChI is InChI=1S/C13H12BrN3O4/c14-9-3-1-8(2-4-9)12(18)15-6-5-10-7-11(17-21-10)13(19)16-20/h1-4,7,20H,5-6H2,(H,15,18)(H,16,19). The Hall–Kier alpha value is -2.19. The monoisotopic (exact) mass is 353 g/mol. The zero-order chi connectivity index (χ0) is 15.2. The zero-order valence-electron chi connectivity index (χ0n) is 10.8. The Morgan fingerprint density at radius 2 is 1.95 bits per heavy atom. The van der Waals surface area contributed by atoms with Gasteiger partial charge in [0.15, 0.2) is 5.69 Å². The van der Waals surface area contributed by atoms with Crippen molar-refractivity contribution in [3.8, 4) is 0 Å². The van der Waals surface area contributed by atoms with Crippen LogP contribution in [-0.2, 0) is 6.42 Å². The number of nitrogens with one attached hydrogen (secondary N) is 2. The topological polar surface area (TPSA) is 104 Å². The maximum atomic E-state index is 11.8. The number of rotatable bonds is 5. The van der Waals surface area contributed by atoms with Crippen LogP contribution >= 0.6 is 15.9 Å². The number of nitrogens with zero attached hydrogens (tertiary/aromatic N) is 1. The van der Waals surface area contributed by atoms with Gasteiger partial charge in [0.2, 0.25) is 0 Å². The second-order valence-electron chi connectivity index (χ2n) is 4.13. The fraction of sp³-hybridized carbons (Fsp3) is 0.154. The minimum absolute atomic E-state index is 0.0215. The molecule has 1 heterocycles. The minimum atomic E-state index is -0.746. The number of hydrogen-bond acceptors (Lipinski definition) is 5. The maximum Gasteiger partial charge on any atom is 0.296 e. The lowest BCUT2D eigenvalue weighted by Crippen LogP contribution is -2.25. The Labute approximate surface area is 128 Å². The summed E-state index contributed by atoms with van der Waals surface area (Å²) >= 11 is 3.30. The molecule has 0 saturated carbocycles. The summed E-state index contributed by atoms with van der Waals surface area (Å²) in [7, 11) is 0. The van der Waals surface area contributed by atoms with Gasteiger partial charge in [0.1, 0.15) is 5.76 Å². The summed E-state index contributed by atoms with van der Waals surface area (Å²) in [4.78, 5) is 22.9. The van der Waals surface area contributed by atoms with Crippen molar-refractivity contribution in [2.24, 2.45) is 0 Å². The van der Waals surface area contributed by atoms with Crippen molar-refractivity contribution < 1.29 is 19.3 Å². The predicted molar refractivity (Wildman–Crippen MR) is 75.9 cm³/mol. The number of carbonyl (C=O) groups is 2. The van der Waals surface area contributed by atoms with Gasteiger partial charge >= 0.3 is 0 Å². The predicted octanol–water partition coefficient (Wildman–Crippen LogP) is 1.53. The van der Waals surface area contributed by atoms with E-state index in [4.69, 9.17) is 9.73 Å². The van der Waals surface area contributed by atoms with E-state index in [0.29, 0.717) is 24.3 Å². The lowest BCUT2D eigenvalue weighted by atomic mass is 10.2. The average molecular weight is 354 g/mol. The molecular formula is C13H12BrN3O4. The Morgan fingerprint density at radius 3 is 2.62 bits per heavy atom. The molecule has 2 amide bonds. The first-order valence-electron chi connectivity index (χ1n) is 6.04. The van der Waals surface area contributed by atoms with Crippen molar-refractivity contribution in [1.29, 1.82) is 0 Å². The number of amides is 2. The third-order valence-corrected chi connectivity index (χ3v) is 3.19. The molecule has 0 unspecified atom stereocenters. The van der Waals surface area contributed by atoms with Crippen molar-refractivity contribution >= 4 is 27.7 Å². The first kappa shape index (κ1) is 15.2. The van der Waals surface area contributed by atoms with E-state index < -0.39 is 5.91 Å². The second kappa shape index (κ2) is 7.00. The van der Waals surface area contributed by atoms with Gasteiger partial charge in [-0.05, 0) is 24.3 Å². The van der Waals surface area contributed by atoms with Crippen LogP contribution < -0.4 is 10.8 Å². The summed E-state index contributed by atoms with van der Waals surface area (Å²) < 4.78 is 5.81. The molecule has 110 valence electrons. The van der Waals surface area contributed by atoms with Gasteiger partial charge in [-0.2, -0.15) is 0 Å². The zero-order valence-corrected chi connectivity index (χ0v) is 12.4. The van der Waals surface area contributed by atoms with Gasteiger partial charge < -0.3 is 9.84 Å². The Kier molecular flexibility index (Phi) is 5.07. The fourth-order valence-corrected chi connectivity index (χ4v) is 1.86. The molecule has 0 aliphatic heterocycles. The molecule has 1 aromatic heterocycles. The summed E-state index contributed by atoms with van der Waals surface area (Å²) in [5.74, 6) is -0.510. The van der Waals surface area contributed by atoms with Crippen LogP contribution in [0.2, 0.25) is 0 Å². The first-order chi connectivity index (χ1) is 10.1. The van der Waals surface area contributed by atoms with E-state index in [1.54, 1.807) is 24.3 Å². The van der Waals surface area contributed by atoms with Crippen molar-refractivity contribution in [3.05, 3.63) is 51.8 Å². The fourth-order valence-electron chi connectivity index (χ4n) is 1.60. The first-order valence-corrected chi connectivity index (χ1v) is 6.83. The van der Waals surface area contributed by atoms with Crippen LogP contribution in [0.25, 0.3) is 0 Å². The largest absolute Gasteiger partial charge is 0.361 e. The van der Waals surface area contributed by atoms with Gasteiger partial charge in [0, 0.05) is 29.1 Å². The lowest BCUT2D eigenvalue weighted by Gasteiger charge is -2.03.